The maximum absolute atomic E-state index is 14.3. The third-order valence-electron chi connectivity index (χ3n) is 17.7. The Bertz CT molecular complexity index is 2440. The number of amides is 9. The number of aliphatic hydroxyl groups excluding tert-OH is 9. The van der Waals surface area contributed by atoms with Crippen LogP contribution in [0.4, 0.5) is 0 Å². The number of carbonyl (C=O) groups excluding carboxylic acids is 9. The molecule has 0 aromatic rings. The van der Waals surface area contributed by atoms with Gasteiger partial charge in [-0.3, -0.25) is 48.1 Å². The highest BCUT2D eigenvalue weighted by Gasteiger charge is 2.46. The van der Waals surface area contributed by atoms with Crippen LogP contribution in [-0.4, -0.2) is 301 Å². The summed E-state index contributed by atoms with van der Waals surface area (Å²) in [6.07, 6.45) is -5.33. The van der Waals surface area contributed by atoms with E-state index < -0.39 is 154 Å². The van der Waals surface area contributed by atoms with Crippen LogP contribution in [0, 0.1) is 11.8 Å². The summed E-state index contributed by atoms with van der Waals surface area (Å²) in [6, 6.07) is -2.12. The first-order valence-corrected chi connectivity index (χ1v) is 36.8. The average molecular weight is 1480 g/mol. The van der Waals surface area contributed by atoms with Crippen LogP contribution >= 0.6 is 0 Å². The summed E-state index contributed by atoms with van der Waals surface area (Å²) < 4.78 is 39.4. The van der Waals surface area contributed by atoms with Crippen molar-refractivity contribution in [1.82, 2.24) is 52.8 Å². The van der Waals surface area contributed by atoms with Gasteiger partial charge in [-0.05, 0) is 97.3 Å². The topological polar surface area (TPSA) is 512 Å². The number of nitrogens with one attached hydrogen (secondary N) is 9. The van der Waals surface area contributed by atoms with E-state index in [1.165, 1.54) is 11.8 Å². The summed E-state index contributed by atoms with van der Waals surface area (Å²) in [7, 11) is 0. The van der Waals surface area contributed by atoms with E-state index in [9.17, 15) is 89.1 Å². The Morgan fingerprint density at radius 1 is 0.398 bits per heavy atom. The fourth-order valence-electron chi connectivity index (χ4n) is 11.5. The van der Waals surface area contributed by atoms with Crippen LogP contribution < -0.4 is 47.9 Å². The van der Waals surface area contributed by atoms with Crippen molar-refractivity contribution in [3.05, 3.63) is 0 Å². The van der Waals surface area contributed by atoms with E-state index in [0.717, 1.165) is 0 Å². The van der Waals surface area contributed by atoms with Gasteiger partial charge in [0.25, 0.3) is 0 Å². The molecule has 0 bridgehead atoms. The molecule has 0 saturated carbocycles. The lowest BCUT2D eigenvalue weighted by Crippen LogP contribution is -2.64. The van der Waals surface area contributed by atoms with Gasteiger partial charge in [-0.1, -0.05) is 33.1 Å². The third kappa shape index (κ3) is 37.6. The number of unbranched alkanes of at least 4 members (excludes halogenated alkanes) is 7. The quantitative estimate of drug-likeness (QED) is 0.0206. The fraction of sp³-hybridized carbons (Fsp3) is 0.868. The molecule has 3 heterocycles. The van der Waals surface area contributed by atoms with Gasteiger partial charge in [-0.25, -0.2) is 0 Å². The van der Waals surface area contributed by atoms with E-state index in [-0.39, 0.29) is 147 Å². The fourth-order valence-corrected chi connectivity index (χ4v) is 11.5. The minimum absolute atomic E-state index is 0.0598. The first-order valence-electron chi connectivity index (χ1n) is 36.8. The average Bonchev–Trinajstić information content (AvgIpc) is 0.833. The summed E-state index contributed by atoms with van der Waals surface area (Å²) in [5.41, 5.74) is 0. The SMILES string of the molecule is CC(=O)NC1[C@H](OCCCCCC(=O)NCCCNC(=O)CN(CC(=O)NCCCNC(=O)CCCCCO[C@@H]2OC(CO)[C@H](O)[C@H](O)C2C)C(CCCCNC(=O)CCCC(=O)NCOC(C)C)C(=O)NCCCNC(=O)CCCCCO[C@@H]2OC(CO)[C@H](O)[C@H](O)C2C)OC(CO)[C@H](O)[C@@H]1O. The molecule has 3 saturated heterocycles. The molecule has 3 rings (SSSR count). The van der Waals surface area contributed by atoms with Crippen LogP contribution in [0.3, 0.4) is 0 Å². The van der Waals surface area contributed by atoms with E-state index in [1.54, 1.807) is 13.8 Å². The van der Waals surface area contributed by atoms with E-state index in [2.05, 4.69) is 47.9 Å². The highest BCUT2D eigenvalue weighted by molar-refractivity contribution is 5.86. The van der Waals surface area contributed by atoms with Crippen molar-refractivity contribution in [1.29, 1.82) is 0 Å². The maximum atomic E-state index is 14.3. The predicted octanol–water partition coefficient (Wildman–Crippen LogP) is -3.70. The van der Waals surface area contributed by atoms with Gasteiger partial charge in [-0.15, -0.1) is 0 Å². The number of carbonyl (C=O) groups is 9. The monoisotopic (exact) mass is 1480 g/mol. The first-order chi connectivity index (χ1) is 49.3. The van der Waals surface area contributed by atoms with Gasteiger partial charge in [0, 0.05) is 116 Å². The minimum Gasteiger partial charge on any atom is -0.394 e. The molecule has 103 heavy (non-hydrogen) atoms. The van der Waals surface area contributed by atoms with Gasteiger partial charge in [0.2, 0.25) is 53.2 Å². The van der Waals surface area contributed by atoms with Gasteiger partial charge in [0.15, 0.2) is 18.9 Å². The maximum Gasteiger partial charge on any atom is 0.237 e. The minimum atomic E-state index is -1.45. The van der Waals surface area contributed by atoms with E-state index in [1.807, 2.05) is 13.8 Å². The zero-order chi connectivity index (χ0) is 76.1. The molecular formula is C68H124N10O25. The van der Waals surface area contributed by atoms with Crippen molar-refractivity contribution in [2.75, 3.05) is 105 Å². The number of hydrogen-bond acceptors (Lipinski definition) is 26. The summed E-state index contributed by atoms with van der Waals surface area (Å²) in [5.74, 6) is -4.23. The smallest absolute Gasteiger partial charge is 0.237 e. The van der Waals surface area contributed by atoms with Crippen molar-refractivity contribution in [3.8, 4) is 0 Å². The van der Waals surface area contributed by atoms with Crippen LogP contribution in [0.5, 0.6) is 0 Å². The van der Waals surface area contributed by atoms with Crippen molar-refractivity contribution in [2.24, 2.45) is 11.8 Å². The van der Waals surface area contributed by atoms with Crippen molar-refractivity contribution in [2.45, 2.75) is 261 Å². The van der Waals surface area contributed by atoms with Gasteiger partial charge >= 0.3 is 0 Å². The first kappa shape index (κ1) is 91.8. The summed E-state index contributed by atoms with van der Waals surface area (Å²) in [6.45, 7) is 7.93. The van der Waals surface area contributed by atoms with Gasteiger partial charge in [-0.2, -0.15) is 0 Å². The Kier molecular flexibility index (Phi) is 47.5. The molecule has 3 fully saturated rings. The normalized spacial score (nSPS) is 25.1. The van der Waals surface area contributed by atoms with Crippen LogP contribution in [0.25, 0.3) is 0 Å². The van der Waals surface area contributed by atoms with Crippen molar-refractivity contribution < 1.29 is 122 Å². The number of hydrogen-bond donors (Lipinski definition) is 18. The summed E-state index contributed by atoms with van der Waals surface area (Å²) in [5, 5.41) is 115. The second-order valence-electron chi connectivity index (χ2n) is 26.8. The molecule has 3 aliphatic rings. The Hall–Kier alpha value is -5.45. The summed E-state index contributed by atoms with van der Waals surface area (Å²) in [4.78, 5) is 118. The molecule has 0 radical (unpaired) electrons. The van der Waals surface area contributed by atoms with Gasteiger partial charge < -0.3 is 127 Å². The zero-order valence-corrected chi connectivity index (χ0v) is 61.0. The van der Waals surface area contributed by atoms with Crippen LogP contribution in [0.15, 0.2) is 0 Å². The van der Waals surface area contributed by atoms with Crippen molar-refractivity contribution in [3.63, 3.8) is 0 Å². The molecule has 0 aromatic heterocycles. The summed E-state index contributed by atoms with van der Waals surface area (Å²) >= 11 is 0. The Morgan fingerprint density at radius 3 is 1.15 bits per heavy atom. The highest BCUT2D eigenvalue weighted by Crippen LogP contribution is 2.29. The lowest BCUT2D eigenvalue weighted by molar-refractivity contribution is -0.282. The molecule has 16 atom stereocenters. The van der Waals surface area contributed by atoms with Gasteiger partial charge in [0.1, 0.15) is 55.5 Å². The van der Waals surface area contributed by atoms with E-state index >= 15 is 0 Å². The lowest BCUT2D eigenvalue weighted by Gasteiger charge is -2.42. The molecule has 596 valence electrons. The molecule has 0 aliphatic carbocycles. The zero-order valence-electron chi connectivity index (χ0n) is 61.0. The standard InChI is InChI=1S/C68H124N10O25/c1-43(2)100-42-76-55(87)26-17-25-54(86)69-27-13-12-21-47(65(96)75-33-20-30-72-53(85)23-10-7-15-35-98-67-45(4)60(91)62(93)49(40-80)102-67)78(37-56(88)73-31-18-28-70-51(83)22-9-6-14-34-97-66-44(3)59(90)61(92)48(39-79)101-66)38-57(89)74-32-19-29-71-52(84)24-11-8-16-36-99-68-58(77-46(5)82)64(95)63(94)50(41-81)103-68/h43-45,47-50,58-64,66-68,79-81,90-95H,6-42H2,1-5H3,(H,69,86)(H,70,83)(H,71,84)(H,72,85)(H,73,88)(H,74,89)(H,75,96)(H,76,87)(H,77,82)/t44?,45?,47?,48?,49?,50?,58?,59-,60-,61+,62+,63+,64-,66-,67-,68-/m1/s1. The van der Waals surface area contributed by atoms with Crippen LogP contribution in [0.2, 0.25) is 0 Å². The molecule has 3 aliphatic heterocycles. The largest absolute Gasteiger partial charge is 0.394 e. The Morgan fingerprint density at radius 2 is 0.748 bits per heavy atom. The van der Waals surface area contributed by atoms with Crippen LogP contribution in [0.1, 0.15) is 169 Å². The highest BCUT2D eigenvalue weighted by atomic mass is 16.7. The van der Waals surface area contributed by atoms with Gasteiger partial charge in [0.05, 0.1) is 57.3 Å². The van der Waals surface area contributed by atoms with E-state index in [0.29, 0.717) is 96.3 Å². The third-order valence-corrected chi connectivity index (χ3v) is 17.7. The molecule has 18 N–H and O–H groups in total. The van der Waals surface area contributed by atoms with Crippen LogP contribution in [-0.2, 0) is 76.3 Å². The molecular weight excluding hydrogens is 1360 g/mol. The molecule has 7 unspecified atom stereocenters. The number of aliphatic hydroxyl groups is 9. The number of nitrogens with zero attached hydrogens (tertiary/aromatic N) is 1. The molecule has 0 spiro atoms. The number of rotatable bonds is 55. The second-order valence-corrected chi connectivity index (χ2v) is 26.8. The lowest BCUT2D eigenvalue weighted by atomic mass is 9.92. The Labute approximate surface area is 604 Å². The number of ether oxygens (including phenoxy) is 7. The second kappa shape index (κ2) is 53.3. The molecule has 9 amide bonds. The van der Waals surface area contributed by atoms with Crippen molar-refractivity contribution >= 4 is 53.2 Å². The molecule has 35 nitrogen and oxygen atoms in total. The van der Waals surface area contributed by atoms with E-state index in [4.69, 9.17) is 33.2 Å². The Balaban J connectivity index is 1.58. The molecule has 35 heteroatoms. The molecule has 0 aromatic carbocycles. The predicted molar refractivity (Wildman–Crippen MR) is 370 cm³/mol.